The summed E-state index contributed by atoms with van der Waals surface area (Å²) in [7, 11) is 0. The Bertz CT molecular complexity index is 686. The number of nitrogens with one attached hydrogen (secondary N) is 2. The molecule has 0 radical (unpaired) electrons. The number of rotatable bonds is 4. The van der Waals surface area contributed by atoms with E-state index in [1.807, 2.05) is 30.3 Å². The molecule has 0 saturated carbocycles. The van der Waals surface area contributed by atoms with Gasteiger partial charge in [0, 0.05) is 24.7 Å². The molecule has 0 saturated heterocycles. The molecule has 20 heavy (non-hydrogen) atoms. The Labute approximate surface area is 124 Å². The van der Waals surface area contributed by atoms with Crippen LogP contribution in [0.3, 0.4) is 0 Å². The Kier molecular flexibility index (Phi) is 3.69. The largest absolute Gasteiger partial charge is 0.385 e. The maximum absolute atomic E-state index is 13.4. The second-order valence-corrected chi connectivity index (χ2v) is 5.36. The standard InChI is InChI=1S/C15H13BrFN3/c16-11-8-13-14(9-12(11)17)20-15(19-13)6-7-18-10-4-2-1-3-5-10/h1-5,8-9,18H,6-7H2,(H,19,20). The first-order chi connectivity index (χ1) is 9.72. The number of aromatic nitrogens is 2. The third-order valence-corrected chi connectivity index (χ3v) is 3.65. The zero-order valence-corrected chi connectivity index (χ0v) is 12.2. The molecule has 1 aromatic heterocycles. The molecule has 0 amide bonds. The zero-order valence-electron chi connectivity index (χ0n) is 10.7. The summed E-state index contributed by atoms with van der Waals surface area (Å²) in [5.41, 5.74) is 2.57. The molecule has 3 aromatic rings. The summed E-state index contributed by atoms with van der Waals surface area (Å²) in [6, 6.07) is 13.1. The third-order valence-electron chi connectivity index (χ3n) is 3.04. The Morgan fingerprint density at radius 1 is 1.20 bits per heavy atom. The van der Waals surface area contributed by atoms with Crippen LogP contribution in [0, 0.1) is 5.82 Å². The number of para-hydroxylation sites is 1. The number of hydrogen-bond acceptors (Lipinski definition) is 2. The lowest BCUT2D eigenvalue weighted by molar-refractivity contribution is 0.623. The van der Waals surface area contributed by atoms with Crippen LogP contribution in [0.25, 0.3) is 11.0 Å². The maximum Gasteiger partial charge on any atom is 0.139 e. The van der Waals surface area contributed by atoms with E-state index in [9.17, 15) is 4.39 Å². The second kappa shape index (κ2) is 5.63. The molecule has 3 rings (SSSR count). The van der Waals surface area contributed by atoms with Crippen molar-refractivity contribution in [2.75, 3.05) is 11.9 Å². The van der Waals surface area contributed by atoms with Crippen LogP contribution in [0.4, 0.5) is 10.1 Å². The van der Waals surface area contributed by atoms with E-state index < -0.39 is 0 Å². The molecular formula is C15H13BrFN3. The lowest BCUT2D eigenvalue weighted by Gasteiger charge is -2.03. The van der Waals surface area contributed by atoms with E-state index in [4.69, 9.17) is 0 Å². The number of nitrogens with zero attached hydrogens (tertiary/aromatic N) is 1. The van der Waals surface area contributed by atoms with Gasteiger partial charge in [-0.25, -0.2) is 9.37 Å². The summed E-state index contributed by atoms with van der Waals surface area (Å²) in [6.07, 6.45) is 0.753. The first-order valence-electron chi connectivity index (χ1n) is 6.35. The van der Waals surface area contributed by atoms with E-state index >= 15 is 0 Å². The molecule has 0 aliphatic carbocycles. The molecule has 0 atom stereocenters. The number of benzene rings is 2. The first kappa shape index (κ1) is 13.1. The summed E-state index contributed by atoms with van der Waals surface area (Å²) in [5.74, 6) is 0.566. The van der Waals surface area contributed by atoms with E-state index in [2.05, 4.69) is 31.2 Å². The molecule has 0 aliphatic heterocycles. The molecule has 0 unspecified atom stereocenters. The SMILES string of the molecule is Fc1cc2[nH]c(CCNc3ccccc3)nc2cc1Br. The number of halogens is 2. The van der Waals surface area contributed by atoms with Crippen LogP contribution in [0.1, 0.15) is 5.82 Å². The Hall–Kier alpha value is -1.88. The minimum Gasteiger partial charge on any atom is -0.385 e. The second-order valence-electron chi connectivity index (χ2n) is 4.51. The van der Waals surface area contributed by atoms with Gasteiger partial charge >= 0.3 is 0 Å². The van der Waals surface area contributed by atoms with Gasteiger partial charge in [-0.1, -0.05) is 18.2 Å². The molecule has 0 spiro atoms. The fourth-order valence-corrected chi connectivity index (χ4v) is 2.39. The van der Waals surface area contributed by atoms with Gasteiger partial charge in [-0.05, 0) is 34.1 Å². The van der Waals surface area contributed by atoms with Gasteiger partial charge in [0.15, 0.2) is 0 Å². The summed E-state index contributed by atoms with van der Waals surface area (Å²) < 4.78 is 13.9. The number of aromatic amines is 1. The Morgan fingerprint density at radius 3 is 2.80 bits per heavy atom. The lowest BCUT2D eigenvalue weighted by atomic mass is 10.3. The van der Waals surface area contributed by atoms with Crippen LogP contribution in [0.15, 0.2) is 46.9 Å². The molecular weight excluding hydrogens is 321 g/mol. The minimum absolute atomic E-state index is 0.282. The van der Waals surface area contributed by atoms with Crippen LogP contribution < -0.4 is 5.32 Å². The Balaban J connectivity index is 1.69. The topological polar surface area (TPSA) is 40.7 Å². The molecule has 0 bridgehead atoms. The van der Waals surface area contributed by atoms with E-state index in [0.717, 1.165) is 35.5 Å². The van der Waals surface area contributed by atoms with Gasteiger partial charge in [-0.15, -0.1) is 0 Å². The molecule has 2 N–H and O–H groups in total. The molecule has 3 nitrogen and oxygen atoms in total. The molecule has 1 heterocycles. The van der Waals surface area contributed by atoms with E-state index in [1.165, 1.54) is 6.07 Å². The summed E-state index contributed by atoms with van der Waals surface area (Å²) in [6.45, 7) is 0.771. The number of H-pyrrole nitrogens is 1. The predicted octanol–water partition coefficient (Wildman–Crippen LogP) is 4.12. The highest BCUT2D eigenvalue weighted by atomic mass is 79.9. The lowest BCUT2D eigenvalue weighted by Crippen LogP contribution is -2.05. The summed E-state index contributed by atoms with van der Waals surface area (Å²) in [5, 5.41) is 3.32. The highest BCUT2D eigenvalue weighted by molar-refractivity contribution is 9.10. The van der Waals surface area contributed by atoms with Gasteiger partial charge in [0.25, 0.3) is 0 Å². The van der Waals surface area contributed by atoms with Crippen molar-refractivity contribution in [1.82, 2.24) is 9.97 Å². The fraction of sp³-hybridized carbons (Fsp3) is 0.133. The van der Waals surface area contributed by atoms with Crippen LogP contribution in [-0.4, -0.2) is 16.5 Å². The predicted molar refractivity (Wildman–Crippen MR) is 82.4 cm³/mol. The van der Waals surface area contributed by atoms with Crippen LogP contribution in [-0.2, 0) is 6.42 Å². The number of hydrogen-bond donors (Lipinski definition) is 2. The molecule has 2 aromatic carbocycles. The zero-order chi connectivity index (χ0) is 13.9. The van der Waals surface area contributed by atoms with Gasteiger partial charge in [0.2, 0.25) is 0 Å². The number of anilines is 1. The van der Waals surface area contributed by atoms with E-state index in [-0.39, 0.29) is 5.82 Å². The summed E-state index contributed by atoms with van der Waals surface area (Å²) in [4.78, 5) is 7.59. The van der Waals surface area contributed by atoms with Crippen molar-refractivity contribution in [3.05, 3.63) is 58.6 Å². The Morgan fingerprint density at radius 2 is 2.00 bits per heavy atom. The minimum atomic E-state index is -0.282. The monoisotopic (exact) mass is 333 g/mol. The molecule has 5 heteroatoms. The average Bonchev–Trinajstić information content (AvgIpc) is 2.82. The van der Waals surface area contributed by atoms with Crippen LogP contribution in [0.5, 0.6) is 0 Å². The first-order valence-corrected chi connectivity index (χ1v) is 7.14. The van der Waals surface area contributed by atoms with Crippen molar-refractivity contribution in [3.8, 4) is 0 Å². The molecule has 0 fully saturated rings. The molecule has 0 aliphatic rings. The quantitative estimate of drug-likeness (QED) is 0.754. The van der Waals surface area contributed by atoms with Gasteiger partial charge < -0.3 is 10.3 Å². The van der Waals surface area contributed by atoms with Gasteiger partial charge in [-0.3, -0.25) is 0 Å². The fourth-order valence-electron chi connectivity index (χ4n) is 2.06. The van der Waals surface area contributed by atoms with Gasteiger partial charge in [0.1, 0.15) is 11.6 Å². The van der Waals surface area contributed by atoms with Crippen LogP contribution >= 0.6 is 15.9 Å². The highest BCUT2D eigenvalue weighted by Gasteiger charge is 2.07. The van der Waals surface area contributed by atoms with Crippen molar-refractivity contribution in [1.29, 1.82) is 0 Å². The van der Waals surface area contributed by atoms with Crippen molar-refractivity contribution in [2.45, 2.75) is 6.42 Å². The molecule has 102 valence electrons. The summed E-state index contributed by atoms with van der Waals surface area (Å²) >= 11 is 3.17. The average molecular weight is 334 g/mol. The van der Waals surface area contributed by atoms with Crippen molar-refractivity contribution >= 4 is 32.7 Å². The number of imidazole rings is 1. The number of fused-ring (bicyclic) bond motifs is 1. The van der Waals surface area contributed by atoms with Crippen molar-refractivity contribution in [3.63, 3.8) is 0 Å². The van der Waals surface area contributed by atoms with Crippen molar-refractivity contribution < 1.29 is 4.39 Å². The maximum atomic E-state index is 13.4. The van der Waals surface area contributed by atoms with Crippen LogP contribution in [0.2, 0.25) is 0 Å². The third kappa shape index (κ3) is 2.82. The van der Waals surface area contributed by atoms with Crippen molar-refractivity contribution in [2.24, 2.45) is 0 Å². The van der Waals surface area contributed by atoms with Gasteiger partial charge in [-0.2, -0.15) is 0 Å². The normalized spacial score (nSPS) is 10.9. The van der Waals surface area contributed by atoms with E-state index in [1.54, 1.807) is 6.07 Å². The smallest absolute Gasteiger partial charge is 0.139 e. The van der Waals surface area contributed by atoms with E-state index in [0.29, 0.717) is 4.47 Å². The highest BCUT2D eigenvalue weighted by Crippen LogP contribution is 2.21. The van der Waals surface area contributed by atoms with Gasteiger partial charge in [0.05, 0.1) is 15.5 Å².